The number of unbranched alkanes of at least 4 members (excludes halogenated alkanes) is 3. The van der Waals surface area contributed by atoms with E-state index in [9.17, 15) is 4.79 Å². The van der Waals surface area contributed by atoms with Gasteiger partial charge in [-0.3, -0.25) is 0 Å². The summed E-state index contributed by atoms with van der Waals surface area (Å²) in [6.45, 7) is 10.8. The van der Waals surface area contributed by atoms with Crippen molar-refractivity contribution in [1.82, 2.24) is 9.47 Å². The summed E-state index contributed by atoms with van der Waals surface area (Å²) in [5.74, 6) is -0.230. The third kappa shape index (κ3) is 8.78. The van der Waals surface area contributed by atoms with E-state index in [0.717, 1.165) is 36.9 Å². The van der Waals surface area contributed by atoms with Crippen LogP contribution in [0.4, 0.5) is 0 Å². The first kappa shape index (κ1) is 42.5. The van der Waals surface area contributed by atoms with E-state index in [1.165, 1.54) is 74.2 Å². The van der Waals surface area contributed by atoms with Gasteiger partial charge in [-0.15, -0.1) is 0 Å². The van der Waals surface area contributed by atoms with Gasteiger partial charge in [0.05, 0.1) is 0 Å². The van der Waals surface area contributed by atoms with Crippen molar-refractivity contribution in [2.45, 2.75) is 134 Å². The van der Waals surface area contributed by atoms with Gasteiger partial charge in [-0.2, -0.15) is 0 Å². The Hall–Kier alpha value is -3.65. The fraction of sp³-hybridized carbons (Fsp3) is 0.442. The van der Waals surface area contributed by atoms with Crippen LogP contribution in [0.5, 0.6) is 0 Å². The predicted molar refractivity (Wildman–Crippen MR) is 241 cm³/mol. The Morgan fingerprint density at radius 3 is 1.69 bits per heavy atom. The molecule has 4 aromatic carbocycles. The Morgan fingerprint density at radius 1 is 0.707 bits per heavy atom. The average Bonchev–Trinajstić information content (AvgIpc) is 3.87. The van der Waals surface area contributed by atoms with Crippen molar-refractivity contribution in [3.63, 3.8) is 0 Å². The SMILES string of the molecule is CCC[CH2][Sn]([CH2]CCC)([CH2]CCC)[C@@H]1[C@H](Cn2cc(C(=O)OCC)c3c2CCCC3OCc2ccccc2)N1C(c1ccccc1)(c1ccccc1)c1ccccc1. The minimum atomic E-state index is -3.01. The van der Waals surface area contributed by atoms with Crippen molar-refractivity contribution < 1.29 is 14.3 Å². The third-order valence-corrected chi connectivity index (χ3v) is 30.2. The van der Waals surface area contributed by atoms with E-state index in [-0.39, 0.29) is 12.1 Å². The van der Waals surface area contributed by atoms with E-state index in [4.69, 9.17) is 9.47 Å². The molecule has 1 fully saturated rings. The zero-order valence-electron chi connectivity index (χ0n) is 35.6. The number of fused-ring (bicyclic) bond motifs is 1. The molecule has 1 aliphatic carbocycles. The molecule has 4 atom stereocenters. The van der Waals surface area contributed by atoms with Crippen LogP contribution in [0.15, 0.2) is 128 Å². The first-order chi connectivity index (χ1) is 28.5. The molecule has 0 bridgehead atoms. The summed E-state index contributed by atoms with van der Waals surface area (Å²) in [6, 6.07) is 44.8. The molecule has 2 heterocycles. The zero-order chi connectivity index (χ0) is 40.4. The number of rotatable bonds is 21. The van der Waals surface area contributed by atoms with Gasteiger partial charge in [-0.25, -0.2) is 0 Å². The number of esters is 1. The van der Waals surface area contributed by atoms with E-state index in [0.29, 0.717) is 28.9 Å². The molecule has 58 heavy (non-hydrogen) atoms. The van der Waals surface area contributed by atoms with Gasteiger partial charge in [-0.1, -0.05) is 6.07 Å². The Bertz CT molecular complexity index is 1900. The summed E-state index contributed by atoms with van der Waals surface area (Å²) in [7, 11) is 0. The maximum atomic E-state index is 13.9. The molecule has 0 radical (unpaired) electrons. The quantitative estimate of drug-likeness (QED) is 0.0319. The summed E-state index contributed by atoms with van der Waals surface area (Å²) < 4.78 is 19.9. The molecule has 1 aliphatic heterocycles. The van der Waals surface area contributed by atoms with E-state index < -0.39 is 23.9 Å². The van der Waals surface area contributed by atoms with Crippen LogP contribution in [0.25, 0.3) is 0 Å². The van der Waals surface area contributed by atoms with Crippen molar-refractivity contribution in [1.29, 1.82) is 0 Å². The second-order valence-electron chi connectivity index (χ2n) is 16.9. The van der Waals surface area contributed by atoms with Gasteiger partial charge in [0.2, 0.25) is 0 Å². The van der Waals surface area contributed by atoms with Crippen molar-refractivity contribution in [2.75, 3.05) is 6.61 Å². The first-order valence-electron chi connectivity index (χ1n) is 22.5. The summed E-state index contributed by atoms with van der Waals surface area (Å²) in [6.07, 6.45) is 12.6. The maximum absolute atomic E-state index is 13.9. The minimum absolute atomic E-state index is 0.148. The van der Waals surface area contributed by atoms with Crippen LogP contribution in [-0.4, -0.2) is 50.5 Å². The van der Waals surface area contributed by atoms with E-state index in [1.54, 1.807) is 0 Å². The number of carbonyl (C=O) groups is 1. The number of hydrogen-bond acceptors (Lipinski definition) is 4. The first-order valence-corrected chi connectivity index (χ1v) is 30.2. The summed E-state index contributed by atoms with van der Waals surface area (Å²) in [5.41, 5.74) is 7.69. The molecule has 0 saturated carbocycles. The van der Waals surface area contributed by atoms with Crippen LogP contribution in [0, 0.1) is 0 Å². The van der Waals surface area contributed by atoms with Crippen LogP contribution in [0.2, 0.25) is 13.3 Å². The molecule has 0 spiro atoms. The zero-order valence-corrected chi connectivity index (χ0v) is 38.4. The predicted octanol–water partition coefficient (Wildman–Crippen LogP) is 12.7. The molecule has 1 aromatic heterocycles. The fourth-order valence-electron chi connectivity index (χ4n) is 10.5. The number of benzene rings is 4. The molecule has 7 rings (SSSR count). The number of aromatic nitrogens is 1. The topological polar surface area (TPSA) is 43.5 Å². The molecule has 1 saturated heterocycles. The van der Waals surface area contributed by atoms with E-state index in [2.05, 4.69) is 152 Å². The van der Waals surface area contributed by atoms with Crippen molar-refractivity contribution in [2.24, 2.45) is 0 Å². The van der Waals surface area contributed by atoms with Gasteiger partial charge in [0, 0.05) is 0 Å². The van der Waals surface area contributed by atoms with Crippen molar-refractivity contribution in [3.8, 4) is 0 Å². The van der Waals surface area contributed by atoms with Crippen molar-refractivity contribution in [3.05, 3.63) is 167 Å². The van der Waals surface area contributed by atoms with Gasteiger partial charge in [-0.05, 0) is 0 Å². The molecule has 2 aliphatic rings. The van der Waals surface area contributed by atoms with Crippen LogP contribution in [0.3, 0.4) is 0 Å². The van der Waals surface area contributed by atoms with Crippen LogP contribution in [-0.2, 0) is 34.6 Å². The van der Waals surface area contributed by atoms with Crippen LogP contribution >= 0.6 is 0 Å². The van der Waals surface area contributed by atoms with Gasteiger partial charge >= 0.3 is 349 Å². The van der Waals surface area contributed by atoms with E-state index in [1.807, 2.05) is 13.0 Å². The van der Waals surface area contributed by atoms with Crippen LogP contribution in [0.1, 0.15) is 129 Å². The molecule has 0 amide bonds. The van der Waals surface area contributed by atoms with Gasteiger partial charge < -0.3 is 0 Å². The molecule has 306 valence electrons. The number of carbonyl (C=O) groups excluding carboxylic acids is 1. The Kier molecular flexibility index (Phi) is 14.7. The second kappa shape index (κ2) is 20.1. The number of ether oxygens (including phenoxy) is 2. The van der Waals surface area contributed by atoms with Gasteiger partial charge in [0.1, 0.15) is 0 Å². The Morgan fingerprint density at radius 2 is 1.21 bits per heavy atom. The normalized spacial score (nSPS) is 19.1. The molecular formula is C52H66N2O3Sn. The summed E-state index contributed by atoms with van der Waals surface area (Å²) in [4.78, 5) is 17.0. The summed E-state index contributed by atoms with van der Waals surface area (Å²) >= 11 is -3.01. The van der Waals surface area contributed by atoms with Crippen LogP contribution < -0.4 is 0 Å². The Labute approximate surface area is 353 Å². The molecule has 5 aromatic rings. The monoisotopic (exact) mass is 886 g/mol. The average molecular weight is 886 g/mol. The third-order valence-electron chi connectivity index (χ3n) is 13.2. The molecule has 0 N–H and O–H groups in total. The van der Waals surface area contributed by atoms with E-state index >= 15 is 0 Å². The fourth-order valence-corrected chi connectivity index (χ4v) is 29.9. The molecule has 6 heteroatoms. The standard InChI is InChI=1S/C40H39N2O3.3C4H9.Sn/c1-2-44-39(43)35-28-41(36-24-15-25-37(38(35)36)45-29-30-16-7-3-8-17-30)26-34-27-42(34)40(31-18-9-4-10-19-31,32-20-11-5-12-21-32)33-22-13-6-14-23-33;3*1-3-4-2;/h3-14,16-23,27-28,34,37H,2,15,24-26,29H2,1H3;3*1,3-4H2,2H3;/t34-,37?,42?;;;;/m0..../s1. The van der Waals surface area contributed by atoms with Crippen molar-refractivity contribution >= 4 is 24.3 Å². The number of nitrogens with zero attached hydrogens (tertiary/aromatic N) is 2. The van der Waals surface area contributed by atoms with Gasteiger partial charge in [0.15, 0.2) is 0 Å². The molecule has 2 unspecified atom stereocenters. The Balaban J connectivity index is 1.41. The second-order valence-corrected chi connectivity index (χ2v) is 30.6. The molecule has 5 nitrogen and oxygen atoms in total. The van der Waals surface area contributed by atoms with Gasteiger partial charge in [0.25, 0.3) is 0 Å². The summed E-state index contributed by atoms with van der Waals surface area (Å²) in [5, 5.41) is 0. The number of hydrogen-bond donors (Lipinski definition) is 0. The molecular weight excluding hydrogens is 819 g/mol.